The topological polar surface area (TPSA) is 107 Å². The summed E-state index contributed by atoms with van der Waals surface area (Å²) >= 11 is 0. The number of benzene rings is 1. The summed E-state index contributed by atoms with van der Waals surface area (Å²) in [4.78, 5) is 12.9. The van der Waals surface area contributed by atoms with Crippen LogP contribution in [-0.2, 0) is 6.54 Å². The van der Waals surface area contributed by atoms with Gasteiger partial charge in [-0.1, -0.05) is 29.8 Å². The second-order valence-electron chi connectivity index (χ2n) is 5.37. The first-order valence-corrected chi connectivity index (χ1v) is 7.42. The van der Waals surface area contributed by atoms with Crippen LogP contribution in [0.5, 0.6) is 0 Å². The molecule has 4 rings (SSSR count). The Balaban J connectivity index is 1.61. The second-order valence-corrected chi connectivity index (χ2v) is 5.37. The average molecular weight is 321 g/mol. The van der Waals surface area contributed by atoms with Crippen molar-refractivity contribution in [3.8, 4) is 11.6 Å². The van der Waals surface area contributed by atoms with E-state index >= 15 is 0 Å². The van der Waals surface area contributed by atoms with Crippen LogP contribution in [0.4, 0.5) is 11.9 Å². The zero-order chi connectivity index (χ0) is 16.5. The maximum Gasteiger partial charge on any atom is 0.259 e. The maximum atomic E-state index is 5.95. The molecule has 0 saturated heterocycles. The number of nitrogen functional groups attached to an aromatic ring is 1. The molecule has 1 aromatic carbocycles. The molecule has 0 saturated carbocycles. The summed E-state index contributed by atoms with van der Waals surface area (Å²) in [7, 11) is 0. The molecule has 120 valence electrons. The lowest BCUT2D eigenvalue weighted by atomic mass is 10.1. The van der Waals surface area contributed by atoms with Crippen LogP contribution < -0.4 is 11.1 Å². The van der Waals surface area contributed by atoms with Gasteiger partial charge in [-0.25, -0.2) is 0 Å². The van der Waals surface area contributed by atoms with Crippen LogP contribution >= 0.6 is 0 Å². The molecule has 4 aromatic rings. The summed E-state index contributed by atoms with van der Waals surface area (Å²) < 4.78 is 6.68. The Morgan fingerprint density at radius 3 is 2.71 bits per heavy atom. The molecule has 3 heterocycles. The van der Waals surface area contributed by atoms with E-state index in [0.29, 0.717) is 29.9 Å². The first-order chi connectivity index (χ1) is 11.7. The molecule has 8 nitrogen and oxygen atoms in total. The van der Waals surface area contributed by atoms with Gasteiger partial charge in [0.15, 0.2) is 5.76 Å². The Hall–Kier alpha value is -3.42. The van der Waals surface area contributed by atoms with Gasteiger partial charge in [-0.15, -0.1) is 5.10 Å². The van der Waals surface area contributed by atoms with Crippen molar-refractivity contribution in [3.05, 3.63) is 53.8 Å². The minimum atomic E-state index is 0.205. The van der Waals surface area contributed by atoms with E-state index in [0.717, 1.165) is 5.56 Å². The van der Waals surface area contributed by atoms with Gasteiger partial charge >= 0.3 is 0 Å². The van der Waals surface area contributed by atoms with E-state index in [1.165, 1.54) is 10.1 Å². The van der Waals surface area contributed by atoms with Crippen LogP contribution in [0, 0.1) is 6.92 Å². The van der Waals surface area contributed by atoms with Crippen molar-refractivity contribution in [1.82, 2.24) is 24.6 Å². The summed E-state index contributed by atoms with van der Waals surface area (Å²) in [6, 6.07) is 11.8. The minimum Gasteiger partial charge on any atom is -0.461 e. The van der Waals surface area contributed by atoms with Gasteiger partial charge < -0.3 is 15.5 Å². The highest BCUT2D eigenvalue weighted by Gasteiger charge is 2.13. The van der Waals surface area contributed by atoms with Crippen LogP contribution in [-0.4, -0.2) is 24.6 Å². The van der Waals surface area contributed by atoms with E-state index in [-0.39, 0.29) is 5.95 Å². The molecule has 0 aliphatic carbocycles. The van der Waals surface area contributed by atoms with Gasteiger partial charge in [0.25, 0.3) is 5.78 Å². The van der Waals surface area contributed by atoms with Gasteiger partial charge in [-0.2, -0.15) is 19.5 Å². The quantitative estimate of drug-likeness (QED) is 0.593. The predicted molar refractivity (Wildman–Crippen MR) is 89.2 cm³/mol. The second kappa shape index (κ2) is 5.65. The van der Waals surface area contributed by atoms with Crippen LogP contribution in [0.15, 0.2) is 47.1 Å². The normalized spacial score (nSPS) is 11.0. The summed E-state index contributed by atoms with van der Waals surface area (Å²) in [6.45, 7) is 2.64. The Kier molecular flexibility index (Phi) is 3.34. The van der Waals surface area contributed by atoms with Crippen molar-refractivity contribution in [1.29, 1.82) is 0 Å². The number of nitrogens with zero attached hydrogens (tertiary/aromatic N) is 5. The number of nitrogens with one attached hydrogen (secondary N) is 1. The molecule has 3 aromatic heterocycles. The van der Waals surface area contributed by atoms with Crippen molar-refractivity contribution in [3.63, 3.8) is 0 Å². The van der Waals surface area contributed by atoms with Crippen LogP contribution in [0.2, 0.25) is 0 Å². The van der Waals surface area contributed by atoms with Gasteiger partial charge in [0.1, 0.15) is 0 Å². The SMILES string of the molecule is Cc1ccc(CNc2nc(N)n3nc(-c4ccco4)nc3n2)cc1. The number of furan rings is 1. The Bertz CT molecular complexity index is 974. The summed E-state index contributed by atoms with van der Waals surface area (Å²) in [6.07, 6.45) is 1.56. The lowest BCUT2D eigenvalue weighted by Gasteiger charge is -2.06. The molecule has 0 aliphatic rings. The van der Waals surface area contributed by atoms with Crippen molar-refractivity contribution in [2.24, 2.45) is 0 Å². The van der Waals surface area contributed by atoms with Gasteiger partial charge in [0.2, 0.25) is 17.7 Å². The molecule has 0 unspecified atom stereocenters. The van der Waals surface area contributed by atoms with Gasteiger partial charge in [0, 0.05) is 6.54 Å². The summed E-state index contributed by atoms with van der Waals surface area (Å²) in [5.41, 5.74) is 8.29. The first-order valence-electron chi connectivity index (χ1n) is 7.42. The number of nitrogens with two attached hydrogens (primary N) is 1. The molecule has 0 bridgehead atoms. The standard InChI is InChI=1S/C16H15N7O/c1-10-4-6-11(7-5-10)9-18-15-20-14(17)23-16(21-15)19-13(22-23)12-3-2-8-24-12/h2-8H,9H2,1H3,(H3,17,18,19,20,21,22). The van der Waals surface area contributed by atoms with Crippen molar-refractivity contribution >= 4 is 17.7 Å². The van der Waals surface area contributed by atoms with E-state index < -0.39 is 0 Å². The summed E-state index contributed by atoms with van der Waals surface area (Å²) in [5.74, 6) is 1.93. The molecule has 0 fully saturated rings. The number of fused-ring (bicyclic) bond motifs is 1. The highest BCUT2D eigenvalue weighted by molar-refractivity contribution is 5.52. The largest absolute Gasteiger partial charge is 0.461 e. The fraction of sp³-hybridized carbons (Fsp3) is 0.125. The van der Waals surface area contributed by atoms with Crippen LogP contribution in [0.3, 0.4) is 0 Å². The van der Waals surface area contributed by atoms with Gasteiger partial charge in [0.05, 0.1) is 6.26 Å². The van der Waals surface area contributed by atoms with E-state index in [1.54, 1.807) is 18.4 Å². The zero-order valence-corrected chi connectivity index (χ0v) is 13.0. The first kappa shape index (κ1) is 14.2. The lowest BCUT2D eigenvalue weighted by molar-refractivity contribution is 0.577. The minimum absolute atomic E-state index is 0.205. The van der Waals surface area contributed by atoms with Crippen molar-refractivity contribution in [2.45, 2.75) is 13.5 Å². The molecular weight excluding hydrogens is 306 g/mol. The number of hydrogen-bond donors (Lipinski definition) is 2. The number of aryl methyl sites for hydroxylation is 1. The van der Waals surface area contributed by atoms with E-state index in [1.807, 2.05) is 0 Å². The van der Waals surface area contributed by atoms with Crippen molar-refractivity contribution < 1.29 is 4.42 Å². The molecule has 8 heteroatoms. The Labute approximate surface area is 137 Å². The highest BCUT2D eigenvalue weighted by Crippen LogP contribution is 2.17. The Morgan fingerprint density at radius 1 is 1.12 bits per heavy atom. The molecule has 0 radical (unpaired) electrons. The summed E-state index contributed by atoms with van der Waals surface area (Å²) in [5, 5.41) is 7.41. The number of aromatic nitrogens is 5. The highest BCUT2D eigenvalue weighted by atomic mass is 16.3. The molecular formula is C16H15N7O. The monoisotopic (exact) mass is 321 g/mol. The van der Waals surface area contributed by atoms with Crippen molar-refractivity contribution in [2.75, 3.05) is 11.1 Å². The molecule has 0 spiro atoms. The zero-order valence-electron chi connectivity index (χ0n) is 13.0. The molecule has 3 N–H and O–H groups in total. The number of hydrogen-bond acceptors (Lipinski definition) is 7. The third kappa shape index (κ3) is 2.65. The molecule has 0 atom stereocenters. The lowest BCUT2D eigenvalue weighted by Crippen LogP contribution is -2.09. The molecule has 0 aliphatic heterocycles. The number of anilines is 2. The van der Waals surface area contributed by atoms with Gasteiger partial charge in [-0.3, -0.25) is 0 Å². The third-order valence-corrected chi connectivity index (χ3v) is 3.55. The fourth-order valence-corrected chi connectivity index (χ4v) is 2.28. The Morgan fingerprint density at radius 2 is 1.96 bits per heavy atom. The number of rotatable bonds is 4. The third-order valence-electron chi connectivity index (χ3n) is 3.55. The van der Waals surface area contributed by atoms with Gasteiger partial charge in [-0.05, 0) is 24.6 Å². The van der Waals surface area contributed by atoms with Crippen LogP contribution in [0.1, 0.15) is 11.1 Å². The predicted octanol–water partition coefficient (Wildman–Crippen LogP) is 2.28. The van der Waals surface area contributed by atoms with Crippen LogP contribution in [0.25, 0.3) is 17.4 Å². The smallest absolute Gasteiger partial charge is 0.259 e. The van der Waals surface area contributed by atoms with E-state index in [4.69, 9.17) is 10.2 Å². The van der Waals surface area contributed by atoms with E-state index in [2.05, 4.69) is 56.6 Å². The fourth-order valence-electron chi connectivity index (χ4n) is 2.28. The molecule has 24 heavy (non-hydrogen) atoms. The molecule has 0 amide bonds. The van der Waals surface area contributed by atoms with E-state index in [9.17, 15) is 0 Å². The average Bonchev–Trinajstić information content (AvgIpc) is 3.23. The maximum absolute atomic E-state index is 5.95.